The monoisotopic (exact) mass is 351 g/mol. The molecule has 2 aliphatic carbocycles. The summed E-state index contributed by atoms with van der Waals surface area (Å²) in [6.07, 6.45) is 6.91. The lowest BCUT2D eigenvalue weighted by molar-refractivity contribution is 0.194. The van der Waals surface area contributed by atoms with E-state index in [-0.39, 0.29) is 0 Å². The van der Waals surface area contributed by atoms with Crippen LogP contribution in [0.25, 0.3) is 0 Å². The molecule has 0 aromatic heterocycles. The molecule has 21 heavy (non-hydrogen) atoms. The molecule has 0 radical (unpaired) electrons. The highest BCUT2D eigenvalue weighted by Gasteiger charge is 2.39. The van der Waals surface area contributed by atoms with Gasteiger partial charge in [0.25, 0.3) is 0 Å². The van der Waals surface area contributed by atoms with Gasteiger partial charge in [0, 0.05) is 6.54 Å². The molecule has 1 aromatic carbocycles. The lowest BCUT2D eigenvalue weighted by Crippen LogP contribution is -2.18. The van der Waals surface area contributed by atoms with Gasteiger partial charge in [-0.15, -0.1) is 0 Å². The molecule has 3 atom stereocenters. The van der Waals surface area contributed by atoms with Crippen LogP contribution in [0.2, 0.25) is 0 Å². The van der Waals surface area contributed by atoms with Crippen molar-refractivity contribution in [1.29, 1.82) is 0 Å². The molecule has 116 valence electrons. The highest BCUT2D eigenvalue weighted by Crippen LogP contribution is 2.48. The summed E-state index contributed by atoms with van der Waals surface area (Å²) in [5.74, 6) is 3.73. The van der Waals surface area contributed by atoms with Gasteiger partial charge in [-0.2, -0.15) is 0 Å². The third-order valence-electron chi connectivity index (χ3n) is 5.09. The van der Waals surface area contributed by atoms with Crippen LogP contribution in [0, 0.1) is 17.8 Å². The van der Waals surface area contributed by atoms with Crippen LogP contribution in [-0.4, -0.2) is 13.2 Å². The summed E-state index contributed by atoms with van der Waals surface area (Å²) in [6, 6.07) is 6.46. The van der Waals surface area contributed by atoms with Crippen molar-refractivity contribution in [3.05, 3.63) is 28.2 Å². The van der Waals surface area contributed by atoms with Crippen molar-refractivity contribution in [3.8, 4) is 5.75 Å². The number of hydrogen-bond donors (Lipinski definition) is 1. The molecule has 1 N–H and O–H groups in total. The van der Waals surface area contributed by atoms with E-state index >= 15 is 0 Å². The summed E-state index contributed by atoms with van der Waals surface area (Å²) >= 11 is 3.65. The molecule has 2 nitrogen and oxygen atoms in total. The average molecular weight is 352 g/mol. The maximum Gasteiger partial charge on any atom is 0.133 e. The van der Waals surface area contributed by atoms with Crippen LogP contribution in [0.15, 0.2) is 22.7 Å². The van der Waals surface area contributed by atoms with Crippen molar-refractivity contribution in [1.82, 2.24) is 5.32 Å². The predicted octanol–water partition coefficient (Wildman–Crippen LogP) is 4.76. The first-order valence-electron chi connectivity index (χ1n) is 8.38. The average Bonchev–Trinajstić information content (AvgIpc) is 3.09. The Bertz CT molecular complexity index is 476. The summed E-state index contributed by atoms with van der Waals surface area (Å²) in [5, 5.41) is 3.43. The Balaban J connectivity index is 1.51. The molecule has 2 aliphatic rings. The Morgan fingerprint density at radius 1 is 1.29 bits per heavy atom. The minimum absolute atomic E-state index is 0.793. The van der Waals surface area contributed by atoms with Gasteiger partial charge in [-0.1, -0.05) is 19.4 Å². The fourth-order valence-corrected chi connectivity index (χ4v) is 4.50. The molecule has 2 saturated carbocycles. The van der Waals surface area contributed by atoms with Crippen molar-refractivity contribution in [2.75, 3.05) is 13.2 Å². The molecule has 3 unspecified atom stereocenters. The number of ether oxygens (including phenoxy) is 1. The van der Waals surface area contributed by atoms with E-state index < -0.39 is 0 Å². The van der Waals surface area contributed by atoms with Gasteiger partial charge >= 0.3 is 0 Å². The number of halogens is 1. The molecule has 3 heteroatoms. The van der Waals surface area contributed by atoms with Crippen LogP contribution >= 0.6 is 15.9 Å². The van der Waals surface area contributed by atoms with Gasteiger partial charge < -0.3 is 10.1 Å². The smallest absolute Gasteiger partial charge is 0.133 e. The highest BCUT2D eigenvalue weighted by molar-refractivity contribution is 9.10. The first-order valence-corrected chi connectivity index (χ1v) is 9.17. The minimum atomic E-state index is 0.793. The zero-order valence-corrected chi connectivity index (χ0v) is 14.5. The molecule has 2 bridgehead atoms. The fraction of sp³-hybridized carbons (Fsp3) is 0.667. The second-order valence-corrected chi connectivity index (χ2v) is 7.54. The Hall–Kier alpha value is -0.540. The van der Waals surface area contributed by atoms with Crippen LogP contribution in [0.1, 0.15) is 44.6 Å². The second-order valence-electron chi connectivity index (χ2n) is 6.69. The van der Waals surface area contributed by atoms with Crippen LogP contribution in [0.4, 0.5) is 0 Å². The van der Waals surface area contributed by atoms with Gasteiger partial charge in [-0.3, -0.25) is 0 Å². The van der Waals surface area contributed by atoms with E-state index in [1.54, 1.807) is 0 Å². The quantitative estimate of drug-likeness (QED) is 0.714. The number of benzene rings is 1. The molecule has 0 saturated heterocycles. The van der Waals surface area contributed by atoms with Crippen LogP contribution < -0.4 is 10.1 Å². The topological polar surface area (TPSA) is 21.3 Å². The maximum absolute atomic E-state index is 6.09. The maximum atomic E-state index is 6.09. The second kappa shape index (κ2) is 7.15. The molecule has 2 fully saturated rings. The minimum Gasteiger partial charge on any atom is -0.492 e. The first kappa shape index (κ1) is 15.4. The van der Waals surface area contributed by atoms with Gasteiger partial charge in [0.15, 0.2) is 0 Å². The van der Waals surface area contributed by atoms with Crippen LogP contribution in [-0.2, 0) is 6.54 Å². The summed E-state index contributed by atoms with van der Waals surface area (Å²) in [4.78, 5) is 0. The van der Waals surface area contributed by atoms with E-state index in [2.05, 4.69) is 46.4 Å². The molecule has 1 aromatic rings. The van der Waals surface area contributed by atoms with E-state index in [0.717, 1.165) is 47.7 Å². The van der Waals surface area contributed by atoms with Gasteiger partial charge in [-0.05, 0) is 83.6 Å². The van der Waals surface area contributed by atoms with E-state index in [1.165, 1.54) is 37.7 Å². The fourth-order valence-electron chi connectivity index (χ4n) is 3.96. The Morgan fingerprint density at radius 3 is 2.86 bits per heavy atom. The van der Waals surface area contributed by atoms with Crippen molar-refractivity contribution < 1.29 is 4.74 Å². The molecule has 0 amide bonds. The lowest BCUT2D eigenvalue weighted by Gasteiger charge is -2.22. The van der Waals surface area contributed by atoms with Crippen molar-refractivity contribution in [2.45, 2.75) is 45.6 Å². The summed E-state index contributed by atoms with van der Waals surface area (Å²) in [6.45, 7) is 5.09. The molecular formula is C18H26BrNO. The van der Waals surface area contributed by atoms with Gasteiger partial charge in [0.2, 0.25) is 0 Å². The van der Waals surface area contributed by atoms with Crippen LogP contribution in [0.3, 0.4) is 0 Å². The molecule has 0 spiro atoms. The zero-order valence-electron chi connectivity index (χ0n) is 12.9. The van der Waals surface area contributed by atoms with Crippen LogP contribution in [0.5, 0.6) is 5.75 Å². The van der Waals surface area contributed by atoms with Gasteiger partial charge in [0.1, 0.15) is 5.75 Å². The number of fused-ring (bicyclic) bond motifs is 2. The van der Waals surface area contributed by atoms with Crippen molar-refractivity contribution >= 4 is 15.9 Å². The highest BCUT2D eigenvalue weighted by atomic mass is 79.9. The number of rotatable bonds is 7. The van der Waals surface area contributed by atoms with Crippen molar-refractivity contribution in [2.24, 2.45) is 17.8 Å². The van der Waals surface area contributed by atoms with Gasteiger partial charge in [0.05, 0.1) is 11.1 Å². The number of hydrogen-bond acceptors (Lipinski definition) is 2. The normalized spacial score (nSPS) is 27.2. The third kappa shape index (κ3) is 3.81. The molecular weight excluding hydrogens is 326 g/mol. The van der Waals surface area contributed by atoms with E-state index in [1.807, 2.05) is 0 Å². The Kier molecular flexibility index (Phi) is 5.23. The van der Waals surface area contributed by atoms with E-state index in [4.69, 9.17) is 4.74 Å². The predicted molar refractivity (Wildman–Crippen MR) is 90.6 cm³/mol. The van der Waals surface area contributed by atoms with Gasteiger partial charge in [-0.25, -0.2) is 0 Å². The molecule has 0 aliphatic heterocycles. The van der Waals surface area contributed by atoms with E-state index in [0.29, 0.717) is 0 Å². The summed E-state index contributed by atoms with van der Waals surface area (Å²) < 4.78 is 7.17. The third-order valence-corrected chi connectivity index (χ3v) is 5.71. The Labute approximate surface area is 136 Å². The Morgan fingerprint density at radius 2 is 2.19 bits per heavy atom. The summed E-state index contributed by atoms with van der Waals surface area (Å²) in [5.41, 5.74) is 1.31. The van der Waals surface area contributed by atoms with Crippen molar-refractivity contribution in [3.63, 3.8) is 0 Å². The van der Waals surface area contributed by atoms with E-state index in [9.17, 15) is 0 Å². The first-order chi connectivity index (χ1) is 10.3. The lowest BCUT2D eigenvalue weighted by atomic mass is 9.89. The standard InChI is InChI=1S/C18H26BrNO/c1-2-7-20-11-14-4-6-18(17(19)10-14)21-12-16-9-13-3-5-15(16)8-13/h4,6,10,13,15-16,20H,2-3,5,7-9,11-12H2,1H3. The zero-order chi connectivity index (χ0) is 14.7. The SMILES string of the molecule is CCCNCc1ccc(OCC2CC3CCC2C3)c(Br)c1. The molecule has 3 rings (SSSR count). The number of nitrogens with one attached hydrogen (secondary N) is 1. The largest absolute Gasteiger partial charge is 0.492 e. The summed E-state index contributed by atoms with van der Waals surface area (Å²) in [7, 11) is 0. The molecule has 0 heterocycles.